The zero-order valence-corrected chi connectivity index (χ0v) is 7.25. The SMILES string of the molecule is O=C(O)C1CCCN1CCC(F)F. The van der Waals surface area contributed by atoms with E-state index in [-0.39, 0.29) is 13.0 Å². The highest BCUT2D eigenvalue weighted by Gasteiger charge is 2.30. The quantitative estimate of drug-likeness (QED) is 0.729. The summed E-state index contributed by atoms with van der Waals surface area (Å²) in [6.07, 6.45) is -1.20. The number of alkyl halides is 2. The van der Waals surface area contributed by atoms with Gasteiger partial charge in [0.1, 0.15) is 6.04 Å². The second-order valence-corrected chi connectivity index (χ2v) is 3.21. The maximum Gasteiger partial charge on any atom is 0.320 e. The molecule has 0 radical (unpaired) electrons. The summed E-state index contributed by atoms with van der Waals surface area (Å²) < 4.78 is 23.7. The number of nitrogens with zero attached hydrogens (tertiary/aromatic N) is 1. The Morgan fingerprint density at radius 2 is 2.31 bits per heavy atom. The number of likely N-dealkylation sites (tertiary alicyclic amines) is 1. The monoisotopic (exact) mass is 193 g/mol. The molecule has 0 aliphatic carbocycles. The van der Waals surface area contributed by atoms with Crippen molar-refractivity contribution < 1.29 is 18.7 Å². The highest BCUT2D eigenvalue weighted by Crippen LogP contribution is 2.18. The lowest BCUT2D eigenvalue weighted by Gasteiger charge is -2.20. The van der Waals surface area contributed by atoms with Crippen molar-refractivity contribution in [2.75, 3.05) is 13.1 Å². The standard InChI is InChI=1S/C8H13F2NO2/c9-7(10)3-5-11-4-1-2-6(11)8(12)13/h6-7H,1-5H2,(H,12,13). The Balaban J connectivity index is 2.35. The smallest absolute Gasteiger partial charge is 0.320 e. The van der Waals surface area contributed by atoms with Gasteiger partial charge in [-0.3, -0.25) is 9.69 Å². The van der Waals surface area contributed by atoms with Gasteiger partial charge in [0, 0.05) is 13.0 Å². The Morgan fingerprint density at radius 1 is 1.62 bits per heavy atom. The molecule has 1 saturated heterocycles. The van der Waals surface area contributed by atoms with Gasteiger partial charge in [0.05, 0.1) is 0 Å². The molecule has 1 atom stereocenters. The first-order valence-corrected chi connectivity index (χ1v) is 4.36. The largest absolute Gasteiger partial charge is 0.480 e. The van der Waals surface area contributed by atoms with Crippen LogP contribution in [0.1, 0.15) is 19.3 Å². The van der Waals surface area contributed by atoms with Crippen LogP contribution in [0.25, 0.3) is 0 Å². The molecular weight excluding hydrogens is 180 g/mol. The second-order valence-electron chi connectivity index (χ2n) is 3.21. The van der Waals surface area contributed by atoms with E-state index in [0.29, 0.717) is 13.0 Å². The zero-order valence-electron chi connectivity index (χ0n) is 7.25. The van der Waals surface area contributed by atoms with E-state index in [1.807, 2.05) is 0 Å². The minimum Gasteiger partial charge on any atom is -0.480 e. The highest BCUT2D eigenvalue weighted by molar-refractivity contribution is 5.73. The molecule has 0 amide bonds. The number of hydrogen-bond donors (Lipinski definition) is 1. The number of carbonyl (C=O) groups is 1. The second kappa shape index (κ2) is 4.50. The fourth-order valence-corrected chi connectivity index (χ4v) is 1.64. The summed E-state index contributed by atoms with van der Waals surface area (Å²) >= 11 is 0. The Kier molecular flexibility index (Phi) is 3.59. The van der Waals surface area contributed by atoms with E-state index in [0.717, 1.165) is 6.42 Å². The molecule has 1 aliphatic heterocycles. The third-order valence-electron chi connectivity index (χ3n) is 2.28. The summed E-state index contributed by atoms with van der Waals surface area (Å²) in [5, 5.41) is 8.72. The van der Waals surface area contributed by atoms with Gasteiger partial charge >= 0.3 is 5.97 Å². The first-order chi connectivity index (χ1) is 6.11. The van der Waals surface area contributed by atoms with E-state index in [9.17, 15) is 13.6 Å². The molecule has 1 heterocycles. The molecule has 1 unspecified atom stereocenters. The average Bonchev–Trinajstić information content (AvgIpc) is 2.47. The van der Waals surface area contributed by atoms with Gasteiger partial charge in [-0.15, -0.1) is 0 Å². The van der Waals surface area contributed by atoms with E-state index in [4.69, 9.17) is 5.11 Å². The molecule has 0 aromatic carbocycles. The molecule has 0 aromatic heterocycles. The van der Waals surface area contributed by atoms with Crippen LogP contribution in [0.15, 0.2) is 0 Å². The van der Waals surface area contributed by atoms with Crippen LogP contribution in [0.5, 0.6) is 0 Å². The van der Waals surface area contributed by atoms with E-state index >= 15 is 0 Å². The van der Waals surface area contributed by atoms with Crippen LogP contribution in [0.4, 0.5) is 8.78 Å². The third kappa shape index (κ3) is 2.91. The number of aliphatic carboxylic acids is 1. The molecule has 0 spiro atoms. The molecule has 76 valence electrons. The first kappa shape index (κ1) is 10.4. The molecule has 0 bridgehead atoms. The van der Waals surface area contributed by atoms with Gasteiger partial charge in [-0.2, -0.15) is 0 Å². The summed E-state index contributed by atoms with van der Waals surface area (Å²) in [6, 6.07) is -0.543. The van der Waals surface area contributed by atoms with Crippen LogP contribution >= 0.6 is 0 Å². The predicted octanol–water partition coefficient (Wildman–Crippen LogP) is 1.19. The molecule has 1 fully saturated rings. The lowest BCUT2D eigenvalue weighted by Crippen LogP contribution is -2.37. The zero-order chi connectivity index (χ0) is 9.84. The van der Waals surface area contributed by atoms with Crippen LogP contribution in [0.3, 0.4) is 0 Å². The molecule has 3 nitrogen and oxygen atoms in total. The summed E-state index contributed by atoms with van der Waals surface area (Å²) in [7, 11) is 0. The van der Waals surface area contributed by atoms with Crippen LogP contribution in [-0.2, 0) is 4.79 Å². The summed E-state index contributed by atoms with van der Waals surface area (Å²) in [6.45, 7) is 0.818. The average molecular weight is 193 g/mol. The van der Waals surface area contributed by atoms with Crippen LogP contribution < -0.4 is 0 Å². The van der Waals surface area contributed by atoms with E-state index in [2.05, 4.69) is 0 Å². The number of carboxylic acids is 1. The summed E-state index contributed by atoms with van der Waals surface area (Å²) in [5.74, 6) is -0.897. The van der Waals surface area contributed by atoms with Crippen LogP contribution in [0.2, 0.25) is 0 Å². The topological polar surface area (TPSA) is 40.5 Å². The molecule has 13 heavy (non-hydrogen) atoms. The molecule has 0 aromatic rings. The predicted molar refractivity (Wildman–Crippen MR) is 42.9 cm³/mol. The fourth-order valence-electron chi connectivity index (χ4n) is 1.64. The molecule has 1 N–H and O–H groups in total. The molecule has 1 rings (SSSR count). The molecular formula is C8H13F2NO2. The van der Waals surface area contributed by atoms with Crippen LogP contribution in [0, 0.1) is 0 Å². The third-order valence-corrected chi connectivity index (χ3v) is 2.28. The summed E-state index contributed by atoms with van der Waals surface area (Å²) in [4.78, 5) is 12.2. The van der Waals surface area contributed by atoms with E-state index in [1.54, 1.807) is 4.90 Å². The van der Waals surface area contributed by atoms with E-state index in [1.165, 1.54) is 0 Å². The Bertz CT molecular complexity index is 187. The number of carboxylic acid groups (broad SMARTS) is 1. The Labute approximate surface area is 75.3 Å². The lowest BCUT2D eigenvalue weighted by molar-refractivity contribution is -0.142. The van der Waals surface area contributed by atoms with Gasteiger partial charge in [0.2, 0.25) is 6.43 Å². The Morgan fingerprint density at radius 3 is 2.85 bits per heavy atom. The van der Waals surface area contributed by atoms with E-state index < -0.39 is 18.4 Å². The van der Waals surface area contributed by atoms with Crippen molar-refractivity contribution in [2.24, 2.45) is 0 Å². The van der Waals surface area contributed by atoms with Crippen molar-refractivity contribution in [2.45, 2.75) is 31.7 Å². The normalized spacial score (nSPS) is 24.1. The van der Waals surface area contributed by atoms with Crippen molar-refractivity contribution in [3.63, 3.8) is 0 Å². The summed E-state index contributed by atoms with van der Waals surface area (Å²) in [5.41, 5.74) is 0. The maximum absolute atomic E-state index is 11.8. The number of hydrogen-bond acceptors (Lipinski definition) is 2. The minimum absolute atomic E-state index is 0.189. The van der Waals surface area contributed by atoms with Gasteiger partial charge in [0.25, 0.3) is 0 Å². The minimum atomic E-state index is -2.34. The van der Waals surface area contributed by atoms with Gasteiger partial charge in [-0.1, -0.05) is 0 Å². The number of rotatable bonds is 4. The lowest BCUT2D eigenvalue weighted by atomic mass is 10.2. The molecule has 5 heteroatoms. The van der Waals surface area contributed by atoms with Crippen molar-refractivity contribution in [1.29, 1.82) is 0 Å². The molecule has 0 saturated carbocycles. The van der Waals surface area contributed by atoms with Crippen molar-refractivity contribution in [3.05, 3.63) is 0 Å². The highest BCUT2D eigenvalue weighted by atomic mass is 19.3. The first-order valence-electron chi connectivity index (χ1n) is 4.36. The van der Waals surface area contributed by atoms with Gasteiger partial charge in [-0.05, 0) is 19.4 Å². The van der Waals surface area contributed by atoms with Gasteiger partial charge in [-0.25, -0.2) is 8.78 Å². The van der Waals surface area contributed by atoms with Crippen molar-refractivity contribution >= 4 is 5.97 Å². The Hall–Kier alpha value is -0.710. The van der Waals surface area contributed by atoms with Crippen molar-refractivity contribution in [1.82, 2.24) is 4.90 Å². The van der Waals surface area contributed by atoms with Gasteiger partial charge < -0.3 is 5.11 Å². The molecule has 1 aliphatic rings. The van der Waals surface area contributed by atoms with Gasteiger partial charge in [0.15, 0.2) is 0 Å². The van der Waals surface area contributed by atoms with Crippen LogP contribution in [-0.4, -0.2) is 41.5 Å². The van der Waals surface area contributed by atoms with Crippen molar-refractivity contribution in [3.8, 4) is 0 Å². The number of halogens is 2. The maximum atomic E-state index is 11.8. The fraction of sp³-hybridized carbons (Fsp3) is 0.875.